The zero-order chi connectivity index (χ0) is 17.6. The minimum Gasteiger partial charge on any atom is -0.462 e. The van der Waals surface area contributed by atoms with Crippen LogP contribution in [0, 0.1) is 0 Å². The third-order valence-electron chi connectivity index (χ3n) is 3.60. The predicted molar refractivity (Wildman–Crippen MR) is 96.5 cm³/mol. The molecule has 0 atom stereocenters. The van der Waals surface area contributed by atoms with E-state index < -0.39 is 0 Å². The molecule has 4 heteroatoms. The smallest absolute Gasteiger partial charge is 0.335 e. The van der Waals surface area contributed by atoms with Gasteiger partial charge in [0.25, 0.3) is 0 Å². The average Bonchev–Trinajstić information content (AvgIpc) is 2.61. The lowest BCUT2D eigenvalue weighted by molar-refractivity contribution is -0.139. The Balaban J connectivity index is 2.19. The first kappa shape index (κ1) is 19.7. The zero-order valence-corrected chi connectivity index (χ0v) is 14.4. The number of nitrogens with one attached hydrogen (secondary N) is 1. The van der Waals surface area contributed by atoms with Gasteiger partial charge in [0.05, 0.1) is 12.2 Å². The van der Waals surface area contributed by atoms with Crippen LogP contribution in [0.3, 0.4) is 0 Å². The molecule has 1 aromatic carbocycles. The number of esters is 1. The summed E-state index contributed by atoms with van der Waals surface area (Å²) in [4.78, 5) is 23.5. The highest BCUT2D eigenvalue weighted by Gasteiger charge is 2.11. The molecule has 0 aliphatic rings. The van der Waals surface area contributed by atoms with Gasteiger partial charge < -0.3 is 10.1 Å². The fourth-order valence-corrected chi connectivity index (χ4v) is 2.14. The number of hydrogen-bond acceptors (Lipinski definition) is 3. The van der Waals surface area contributed by atoms with Gasteiger partial charge in [0.2, 0.25) is 5.91 Å². The van der Waals surface area contributed by atoms with E-state index in [4.69, 9.17) is 4.74 Å². The lowest BCUT2D eigenvalue weighted by Crippen LogP contribution is -2.28. The van der Waals surface area contributed by atoms with Crippen LogP contribution in [-0.2, 0) is 20.7 Å². The first-order chi connectivity index (χ1) is 11.7. The van der Waals surface area contributed by atoms with Gasteiger partial charge >= 0.3 is 5.97 Å². The number of ether oxygens (including phenoxy) is 1. The van der Waals surface area contributed by atoms with Gasteiger partial charge in [0.1, 0.15) is 0 Å². The Labute approximate surface area is 144 Å². The Hall–Kier alpha value is -2.36. The Morgan fingerprint density at radius 1 is 1.21 bits per heavy atom. The topological polar surface area (TPSA) is 55.4 Å². The number of amides is 1. The summed E-state index contributed by atoms with van der Waals surface area (Å²) >= 11 is 0. The molecule has 0 spiro atoms. The maximum absolute atomic E-state index is 12.0. The highest BCUT2D eigenvalue weighted by atomic mass is 16.5. The minimum atomic E-state index is -0.360. The maximum Gasteiger partial charge on any atom is 0.335 e. The SMILES string of the molecule is C=CCCC(=O)NC/C(=C\C)C(=O)OCCCCc1ccccc1. The molecule has 1 N–H and O–H groups in total. The monoisotopic (exact) mass is 329 g/mol. The summed E-state index contributed by atoms with van der Waals surface area (Å²) < 4.78 is 5.27. The second kappa shape index (κ2) is 12.1. The molecule has 24 heavy (non-hydrogen) atoms. The first-order valence-electron chi connectivity index (χ1n) is 8.41. The molecule has 0 heterocycles. The van der Waals surface area contributed by atoms with Crippen molar-refractivity contribution in [3.63, 3.8) is 0 Å². The lowest BCUT2D eigenvalue weighted by atomic mass is 10.1. The highest BCUT2D eigenvalue weighted by Crippen LogP contribution is 2.05. The predicted octanol–water partition coefficient (Wildman–Crippen LogP) is 3.58. The summed E-state index contributed by atoms with van der Waals surface area (Å²) in [6, 6.07) is 10.2. The van der Waals surface area contributed by atoms with Crippen LogP contribution in [0.25, 0.3) is 0 Å². The van der Waals surface area contributed by atoms with Crippen LogP contribution >= 0.6 is 0 Å². The fraction of sp³-hybridized carbons (Fsp3) is 0.400. The van der Waals surface area contributed by atoms with Gasteiger partial charge in [0, 0.05) is 13.0 Å². The summed E-state index contributed by atoms with van der Waals surface area (Å²) in [5.74, 6) is -0.453. The lowest BCUT2D eigenvalue weighted by Gasteiger charge is -2.09. The summed E-state index contributed by atoms with van der Waals surface area (Å²) in [5.41, 5.74) is 1.77. The van der Waals surface area contributed by atoms with Crippen LogP contribution in [0.4, 0.5) is 0 Å². The molecular weight excluding hydrogens is 302 g/mol. The molecule has 4 nitrogen and oxygen atoms in total. The summed E-state index contributed by atoms with van der Waals surface area (Å²) in [6.07, 6.45) is 7.16. The molecule has 1 aromatic rings. The summed E-state index contributed by atoms with van der Waals surface area (Å²) in [6.45, 7) is 5.94. The third kappa shape index (κ3) is 8.32. The Bertz CT molecular complexity index is 549. The van der Waals surface area contributed by atoms with E-state index in [0.717, 1.165) is 19.3 Å². The molecule has 0 aliphatic heterocycles. The number of unbranched alkanes of at least 4 members (excludes halogenated alkanes) is 1. The van der Waals surface area contributed by atoms with Crippen LogP contribution < -0.4 is 5.32 Å². The van der Waals surface area contributed by atoms with Crippen molar-refractivity contribution in [3.05, 3.63) is 60.2 Å². The number of allylic oxidation sites excluding steroid dienone is 2. The van der Waals surface area contributed by atoms with Crippen LogP contribution in [0.5, 0.6) is 0 Å². The second-order valence-corrected chi connectivity index (χ2v) is 5.50. The summed E-state index contributed by atoms with van der Waals surface area (Å²) in [5, 5.41) is 2.72. The van der Waals surface area contributed by atoms with Crippen molar-refractivity contribution < 1.29 is 14.3 Å². The fourth-order valence-electron chi connectivity index (χ4n) is 2.14. The van der Waals surface area contributed by atoms with E-state index in [2.05, 4.69) is 24.0 Å². The van der Waals surface area contributed by atoms with Crippen molar-refractivity contribution in [2.75, 3.05) is 13.2 Å². The number of carbonyl (C=O) groups is 2. The van der Waals surface area contributed by atoms with Crippen molar-refractivity contribution in [2.24, 2.45) is 0 Å². The molecule has 0 aromatic heterocycles. The average molecular weight is 329 g/mol. The van der Waals surface area contributed by atoms with Crippen LogP contribution in [0.15, 0.2) is 54.6 Å². The van der Waals surface area contributed by atoms with Gasteiger partial charge in [-0.25, -0.2) is 4.79 Å². The standard InChI is InChI=1S/C20H27NO3/c1-3-5-14-19(22)21-16-18(4-2)20(23)24-15-10-9-13-17-11-7-6-8-12-17/h3-4,6-8,11-12H,1,5,9-10,13-16H2,2H3,(H,21,22)/b18-4+. The molecule has 0 unspecified atom stereocenters. The maximum atomic E-state index is 12.0. The van der Waals surface area contributed by atoms with Crippen molar-refractivity contribution in [2.45, 2.75) is 39.0 Å². The van der Waals surface area contributed by atoms with E-state index in [1.54, 1.807) is 19.1 Å². The molecule has 130 valence electrons. The van der Waals surface area contributed by atoms with Crippen LogP contribution in [-0.4, -0.2) is 25.0 Å². The number of hydrogen-bond donors (Lipinski definition) is 1. The Morgan fingerprint density at radius 3 is 2.62 bits per heavy atom. The van der Waals surface area contributed by atoms with E-state index in [1.807, 2.05) is 18.2 Å². The zero-order valence-electron chi connectivity index (χ0n) is 14.4. The molecule has 1 amide bonds. The molecule has 0 radical (unpaired) electrons. The molecule has 0 saturated heterocycles. The van der Waals surface area contributed by atoms with Crippen molar-refractivity contribution in [1.82, 2.24) is 5.32 Å². The van der Waals surface area contributed by atoms with Gasteiger partial charge in [-0.2, -0.15) is 0 Å². The highest BCUT2D eigenvalue weighted by molar-refractivity contribution is 5.89. The van der Waals surface area contributed by atoms with E-state index >= 15 is 0 Å². The molecular formula is C20H27NO3. The van der Waals surface area contributed by atoms with E-state index in [9.17, 15) is 9.59 Å². The van der Waals surface area contributed by atoms with Crippen molar-refractivity contribution in [1.29, 1.82) is 0 Å². The summed E-state index contributed by atoms with van der Waals surface area (Å²) in [7, 11) is 0. The molecule has 1 rings (SSSR count). The van der Waals surface area contributed by atoms with Gasteiger partial charge in [-0.1, -0.05) is 42.5 Å². The van der Waals surface area contributed by atoms with Crippen LogP contribution in [0.1, 0.15) is 38.2 Å². The largest absolute Gasteiger partial charge is 0.462 e. The minimum absolute atomic E-state index is 0.0927. The van der Waals surface area contributed by atoms with E-state index in [-0.39, 0.29) is 18.4 Å². The normalized spacial score (nSPS) is 11.0. The molecule has 0 bridgehead atoms. The van der Waals surface area contributed by atoms with Crippen LogP contribution in [0.2, 0.25) is 0 Å². The molecule has 0 saturated carbocycles. The first-order valence-corrected chi connectivity index (χ1v) is 8.41. The van der Waals surface area contributed by atoms with Gasteiger partial charge in [-0.3, -0.25) is 4.79 Å². The van der Waals surface area contributed by atoms with Gasteiger partial charge in [0.15, 0.2) is 0 Å². The van der Waals surface area contributed by atoms with Crippen molar-refractivity contribution in [3.8, 4) is 0 Å². The second-order valence-electron chi connectivity index (χ2n) is 5.50. The van der Waals surface area contributed by atoms with E-state index in [1.165, 1.54) is 5.56 Å². The van der Waals surface area contributed by atoms with Crippen molar-refractivity contribution >= 4 is 11.9 Å². The van der Waals surface area contributed by atoms with E-state index in [0.29, 0.717) is 25.0 Å². The number of rotatable bonds is 11. The number of aryl methyl sites for hydroxylation is 1. The Morgan fingerprint density at radius 2 is 1.96 bits per heavy atom. The quantitative estimate of drug-likeness (QED) is 0.292. The Kier molecular flexibility index (Phi) is 9.93. The number of carbonyl (C=O) groups excluding carboxylic acids is 2. The molecule has 0 aliphatic carbocycles. The van der Waals surface area contributed by atoms with Gasteiger partial charge in [-0.05, 0) is 38.2 Å². The van der Waals surface area contributed by atoms with Gasteiger partial charge in [-0.15, -0.1) is 6.58 Å². The third-order valence-corrected chi connectivity index (χ3v) is 3.60. The number of benzene rings is 1. The molecule has 0 fully saturated rings.